The summed E-state index contributed by atoms with van der Waals surface area (Å²) in [6, 6.07) is 0.323. The van der Waals surface area contributed by atoms with Crippen molar-refractivity contribution in [3.63, 3.8) is 0 Å². The van der Waals surface area contributed by atoms with Crippen LogP contribution in [0.1, 0.15) is 20.3 Å². The summed E-state index contributed by atoms with van der Waals surface area (Å²) in [5.74, 6) is 2.57. The van der Waals surface area contributed by atoms with Gasteiger partial charge in [0.1, 0.15) is 0 Å². The molecule has 0 saturated heterocycles. The molecule has 12 heavy (non-hydrogen) atoms. The van der Waals surface area contributed by atoms with Gasteiger partial charge in [0.05, 0.1) is 0 Å². The second-order valence-corrected chi connectivity index (χ2v) is 2.75. The molecule has 0 aliphatic rings. The normalized spacial score (nSPS) is 11.8. The van der Waals surface area contributed by atoms with Crippen molar-refractivity contribution in [3.05, 3.63) is 0 Å². The summed E-state index contributed by atoms with van der Waals surface area (Å²) in [7, 11) is 0. The molecule has 0 aliphatic heterocycles. The molecule has 0 aromatic rings. The first-order valence-corrected chi connectivity index (χ1v) is 4.08. The van der Waals surface area contributed by atoms with Gasteiger partial charge in [-0.05, 0) is 6.92 Å². The smallest absolute Gasteiger partial charge is 0.216 e. The van der Waals surface area contributed by atoms with Crippen LogP contribution in [0.15, 0.2) is 0 Å². The van der Waals surface area contributed by atoms with E-state index in [0.717, 1.165) is 13.0 Å². The predicted molar refractivity (Wildman–Crippen MR) is 49.6 cm³/mol. The quantitative estimate of drug-likeness (QED) is 0.452. The monoisotopic (exact) mass is 168 g/mol. The standard InChI is InChI=1S/C9H16N2O/c1-4-5-8(2)10-6-7-11-9(3)12/h1,8,10H,5-7H2,2-3H3,(H,11,12). The maximum atomic E-state index is 10.4. The maximum absolute atomic E-state index is 10.4. The van der Waals surface area contributed by atoms with Gasteiger partial charge in [0.25, 0.3) is 0 Å². The predicted octanol–water partition coefficient (Wildman–Crippen LogP) is 0.124. The summed E-state index contributed by atoms with van der Waals surface area (Å²) >= 11 is 0. The lowest BCUT2D eigenvalue weighted by Gasteiger charge is -2.10. The van der Waals surface area contributed by atoms with E-state index in [1.807, 2.05) is 6.92 Å². The number of carbonyl (C=O) groups excluding carboxylic acids is 1. The minimum absolute atomic E-state index is 0.00130. The molecule has 3 nitrogen and oxygen atoms in total. The Morgan fingerprint density at radius 2 is 2.25 bits per heavy atom. The number of terminal acetylenes is 1. The topological polar surface area (TPSA) is 41.1 Å². The fourth-order valence-electron chi connectivity index (χ4n) is 0.806. The molecule has 3 heteroatoms. The molecule has 0 aliphatic carbocycles. The molecule has 0 saturated carbocycles. The third-order valence-electron chi connectivity index (χ3n) is 1.42. The highest BCUT2D eigenvalue weighted by Crippen LogP contribution is 1.85. The molecule has 0 fully saturated rings. The highest BCUT2D eigenvalue weighted by molar-refractivity contribution is 5.72. The van der Waals surface area contributed by atoms with Crippen LogP contribution in [-0.4, -0.2) is 25.0 Å². The molecule has 0 aromatic heterocycles. The van der Waals surface area contributed by atoms with Gasteiger partial charge in [-0.15, -0.1) is 12.3 Å². The summed E-state index contributed by atoms with van der Waals surface area (Å²) in [5.41, 5.74) is 0. The van der Waals surface area contributed by atoms with Crippen LogP contribution >= 0.6 is 0 Å². The molecule has 68 valence electrons. The first kappa shape index (κ1) is 11.0. The number of carbonyl (C=O) groups is 1. The number of rotatable bonds is 5. The van der Waals surface area contributed by atoms with Crippen LogP contribution in [0.2, 0.25) is 0 Å². The molecule has 1 amide bonds. The second-order valence-electron chi connectivity index (χ2n) is 2.75. The van der Waals surface area contributed by atoms with Crippen molar-refractivity contribution >= 4 is 5.91 Å². The van der Waals surface area contributed by atoms with Crippen LogP contribution in [0.5, 0.6) is 0 Å². The summed E-state index contributed by atoms with van der Waals surface area (Å²) in [5, 5.41) is 5.87. The summed E-state index contributed by atoms with van der Waals surface area (Å²) in [4.78, 5) is 10.4. The lowest BCUT2D eigenvalue weighted by molar-refractivity contribution is -0.118. The Hall–Kier alpha value is -1.01. The van der Waals surface area contributed by atoms with Crippen molar-refractivity contribution in [1.82, 2.24) is 10.6 Å². The maximum Gasteiger partial charge on any atom is 0.216 e. The number of hydrogen-bond donors (Lipinski definition) is 2. The van der Waals surface area contributed by atoms with Crippen LogP contribution < -0.4 is 10.6 Å². The van der Waals surface area contributed by atoms with Gasteiger partial charge in [0.2, 0.25) is 5.91 Å². The van der Waals surface area contributed by atoms with E-state index in [0.29, 0.717) is 12.6 Å². The zero-order valence-electron chi connectivity index (χ0n) is 7.68. The third kappa shape index (κ3) is 7.10. The van der Waals surface area contributed by atoms with E-state index in [1.165, 1.54) is 6.92 Å². The first-order valence-electron chi connectivity index (χ1n) is 4.08. The van der Waals surface area contributed by atoms with E-state index >= 15 is 0 Å². The van der Waals surface area contributed by atoms with Crippen molar-refractivity contribution in [1.29, 1.82) is 0 Å². The lowest BCUT2D eigenvalue weighted by Crippen LogP contribution is -2.34. The van der Waals surface area contributed by atoms with Crippen molar-refractivity contribution in [2.75, 3.05) is 13.1 Å². The molecule has 1 unspecified atom stereocenters. The van der Waals surface area contributed by atoms with E-state index < -0.39 is 0 Å². The number of hydrogen-bond acceptors (Lipinski definition) is 2. The molecular formula is C9H16N2O. The largest absolute Gasteiger partial charge is 0.355 e. The summed E-state index contributed by atoms with van der Waals surface area (Å²) in [6.07, 6.45) is 5.84. The Bertz CT molecular complexity index is 172. The molecular weight excluding hydrogens is 152 g/mol. The summed E-state index contributed by atoms with van der Waals surface area (Å²) < 4.78 is 0. The van der Waals surface area contributed by atoms with Crippen molar-refractivity contribution in [2.24, 2.45) is 0 Å². The van der Waals surface area contributed by atoms with Gasteiger partial charge >= 0.3 is 0 Å². The summed E-state index contributed by atoms with van der Waals surface area (Å²) in [6.45, 7) is 4.95. The van der Waals surface area contributed by atoms with Crippen LogP contribution in [0, 0.1) is 12.3 Å². The zero-order valence-corrected chi connectivity index (χ0v) is 7.68. The highest BCUT2D eigenvalue weighted by Gasteiger charge is 1.97. The van der Waals surface area contributed by atoms with Crippen LogP contribution in [0.3, 0.4) is 0 Å². The SMILES string of the molecule is C#CCC(C)NCCNC(C)=O. The van der Waals surface area contributed by atoms with E-state index in [1.54, 1.807) is 0 Å². The number of nitrogens with one attached hydrogen (secondary N) is 2. The average Bonchev–Trinajstić information content (AvgIpc) is 1.98. The van der Waals surface area contributed by atoms with E-state index in [4.69, 9.17) is 6.42 Å². The van der Waals surface area contributed by atoms with Gasteiger partial charge < -0.3 is 10.6 Å². The Morgan fingerprint density at radius 1 is 1.58 bits per heavy atom. The number of amides is 1. The molecule has 2 N–H and O–H groups in total. The molecule has 0 heterocycles. The van der Waals surface area contributed by atoms with Gasteiger partial charge in [-0.25, -0.2) is 0 Å². The van der Waals surface area contributed by atoms with Gasteiger partial charge in [0.15, 0.2) is 0 Å². The Morgan fingerprint density at radius 3 is 2.75 bits per heavy atom. The molecule has 0 aromatic carbocycles. The second kappa shape index (κ2) is 6.68. The Labute approximate surface area is 73.9 Å². The Balaban J connectivity index is 3.20. The molecule has 0 rings (SSSR count). The fraction of sp³-hybridized carbons (Fsp3) is 0.667. The fourth-order valence-corrected chi connectivity index (χ4v) is 0.806. The molecule has 0 radical (unpaired) electrons. The highest BCUT2D eigenvalue weighted by atomic mass is 16.1. The van der Waals surface area contributed by atoms with Gasteiger partial charge in [0, 0.05) is 32.5 Å². The molecule has 0 bridgehead atoms. The van der Waals surface area contributed by atoms with Crippen LogP contribution in [0.25, 0.3) is 0 Å². The molecule has 0 spiro atoms. The van der Waals surface area contributed by atoms with Gasteiger partial charge in [-0.2, -0.15) is 0 Å². The average molecular weight is 168 g/mol. The van der Waals surface area contributed by atoms with Crippen molar-refractivity contribution < 1.29 is 4.79 Å². The van der Waals surface area contributed by atoms with Crippen LogP contribution in [-0.2, 0) is 4.79 Å². The van der Waals surface area contributed by atoms with Gasteiger partial charge in [-0.1, -0.05) is 0 Å². The van der Waals surface area contributed by atoms with Crippen molar-refractivity contribution in [2.45, 2.75) is 26.3 Å². The van der Waals surface area contributed by atoms with E-state index in [2.05, 4.69) is 16.6 Å². The minimum atomic E-state index is 0.00130. The van der Waals surface area contributed by atoms with E-state index in [9.17, 15) is 4.79 Å². The minimum Gasteiger partial charge on any atom is -0.355 e. The zero-order chi connectivity index (χ0) is 9.40. The van der Waals surface area contributed by atoms with Gasteiger partial charge in [-0.3, -0.25) is 4.79 Å². The first-order chi connectivity index (χ1) is 5.66. The molecule has 1 atom stereocenters. The third-order valence-corrected chi connectivity index (χ3v) is 1.42. The Kier molecular flexibility index (Phi) is 6.12. The lowest BCUT2D eigenvalue weighted by atomic mass is 10.2. The van der Waals surface area contributed by atoms with E-state index in [-0.39, 0.29) is 5.91 Å². The van der Waals surface area contributed by atoms with Crippen LogP contribution in [0.4, 0.5) is 0 Å². The van der Waals surface area contributed by atoms with Crippen molar-refractivity contribution in [3.8, 4) is 12.3 Å².